The van der Waals surface area contributed by atoms with E-state index in [1.54, 1.807) is 5.38 Å². The Hall–Kier alpha value is -1.48. The third-order valence-electron chi connectivity index (χ3n) is 1.66. The molecule has 1 amide bonds. The lowest BCUT2D eigenvalue weighted by molar-refractivity contribution is -0.136. The molecular formula is C8H10N2O5S2. The van der Waals surface area contributed by atoms with Gasteiger partial charge in [0.15, 0.2) is 15.0 Å². The summed E-state index contributed by atoms with van der Waals surface area (Å²) in [6, 6.07) is 0. The molecule has 0 saturated carbocycles. The minimum absolute atomic E-state index is 0.309. The number of carbonyl (C=O) groups is 2. The van der Waals surface area contributed by atoms with Gasteiger partial charge in [0.25, 0.3) is 0 Å². The first-order valence-corrected chi connectivity index (χ1v) is 7.21. The average molecular weight is 278 g/mol. The Kier molecular flexibility index (Phi) is 4.58. The number of anilines is 1. The molecule has 17 heavy (non-hydrogen) atoms. The fourth-order valence-corrected chi connectivity index (χ4v) is 2.60. The molecule has 94 valence electrons. The minimum atomic E-state index is -3.70. The first kappa shape index (κ1) is 13.6. The third-order valence-corrected chi connectivity index (χ3v) is 3.87. The second-order valence-corrected chi connectivity index (χ2v) is 6.20. The summed E-state index contributed by atoms with van der Waals surface area (Å²) in [4.78, 5) is 25.3. The van der Waals surface area contributed by atoms with Crippen LogP contribution in [0.2, 0.25) is 0 Å². The second kappa shape index (κ2) is 5.73. The molecule has 7 nitrogen and oxygen atoms in total. The number of hydrogen-bond donors (Lipinski definition) is 2. The average Bonchev–Trinajstić information content (AvgIpc) is 2.66. The number of thiazole rings is 1. The van der Waals surface area contributed by atoms with E-state index in [0.29, 0.717) is 5.13 Å². The van der Waals surface area contributed by atoms with Crippen LogP contribution in [0.1, 0.15) is 6.42 Å². The number of nitrogens with zero attached hydrogens (tertiary/aromatic N) is 1. The summed E-state index contributed by atoms with van der Waals surface area (Å²) in [6.45, 7) is 0. The van der Waals surface area contributed by atoms with Crippen molar-refractivity contribution >= 4 is 38.2 Å². The number of rotatable bonds is 6. The van der Waals surface area contributed by atoms with Crippen molar-refractivity contribution in [1.82, 2.24) is 4.98 Å². The summed E-state index contributed by atoms with van der Waals surface area (Å²) in [6.07, 6.45) is 0.964. The van der Waals surface area contributed by atoms with Crippen molar-refractivity contribution in [1.29, 1.82) is 0 Å². The van der Waals surface area contributed by atoms with Gasteiger partial charge in [0.05, 0.1) is 12.2 Å². The fourth-order valence-electron chi connectivity index (χ4n) is 0.955. The Morgan fingerprint density at radius 2 is 2.18 bits per heavy atom. The summed E-state index contributed by atoms with van der Waals surface area (Å²) < 4.78 is 22.7. The number of sulfone groups is 1. The molecule has 0 saturated heterocycles. The van der Waals surface area contributed by atoms with Crippen LogP contribution in [0.4, 0.5) is 5.13 Å². The van der Waals surface area contributed by atoms with Crippen molar-refractivity contribution < 1.29 is 23.1 Å². The molecule has 0 bridgehead atoms. The number of aliphatic carboxylic acids is 1. The van der Waals surface area contributed by atoms with Gasteiger partial charge in [-0.1, -0.05) is 0 Å². The van der Waals surface area contributed by atoms with Gasteiger partial charge >= 0.3 is 5.97 Å². The van der Waals surface area contributed by atoms with Crippen LogP contribution in [-0.4, -0.2) is 41.9 Å². The van der Waals surface area contributed by atoms with Crippen LogP contribution < -0.4 is 5.32 Å². The van der Waals surface area contributed by atoms with E-state index in [9.17, 15) is 18.0 Å². The molecule has 0 radical (unpaired) electrons. The summed E-state index contributed by atoms with van der Waals surface area (Å²) in [7, 11) is -3.70. The predicted molar refractivity (Wildman–Crippen MR) is 61.7 cm³/mol. The maximum Gasteiger partial charge on any atom is 0.304 e. The summed E-state index contributed by atoms with van der Waals surface area (Å²) >= 11 is 1.16. The quantitative estimate of drug-likeness (QED) is 0.755. The smallest absolute Gasteiger partial charge is 0.304 e. The van der Waals surface area contributed by atoms with Crippen molar-refractivity contribution in [2.75, 3.05) is 16.8 Å². The van der Waals surface area contributed by atoms with Gasteiger partial charge in [-0.15, -0.1) is 11.3 Å². The summed E-state index contributed by atoms with van der Waals surface area (Å²) in [5.41, 5.74) is 0. The van der Waals surface area contributed by atoms with E-state index >= 15 is 0 Å². The van der Waals surface area contributed by atoms with Crippen molar-refractivity contribution in [3.05, 3.63) is 11.6 Å². The number of carboxylic acid groups (broad SMARTS) is 1. The Morgan fingerprint density at radius 3 is 2.71 bits per heavy atom. The topological polar surface area (TPSA) is 113 Å². The lowest BCUT2D eigenvalue weighted by Crippen LogP contribution is -2.25. The van der Waals surface area contributed by atoms with Crippen molar-refractivity contribution in [3.63, 3.8) is 0 Å². The van der Waals surface area contributed by atoms with E-state index in [2.05, 4.69) is 10.3 Å². The standard InChI is InChI=1S/C8H10N2O5S2/c11-6(10-8-9-2-3-16-8)5-17(14,15)4-1-7(12)13/h2-3H,1,4-5H2,(H,12,13)(H,9,10,11). The molecule has 2 N–H and O–H groups in total. The predicted octanol–water partition coefficient (Wildman–Crippen LogP) is -0.0289. The Balaban J connectivity index is 2.47. The lowest BCUT2D eigenvalue weighted by Gasteiger charge is -2.02. The Bertz CT molecular complexity index is 494. The first-order valence-electron chi connectivity index (χ1n) is 4.50. The molecule has 1 heterocycles. The maximum absolute atomic E-state index is 11.3. The normalized spacial score (nSPS) is 11.1. The van der Waals surface area contributed by atoms with Gasteiger partial charge in [-0.05, 0) is 0 Å². The van der Waals surface area contributed by atoms with Gasteiger partial charge in [-0.3, -0.25) is 9.59 Å². The third kappa shape index (κ3) is 5.41. The zero-order valence-electron chi connectivity index (χ0n) is 8.62. The Labute approximate surface area is 101 Å². The zero-order valence-corrected chi connectivity index (χ0v) is 10.3. The van der Waals surface area contributed by atoms with Gasteiger partial charge in [0.2, 0.25) is 5.91 Å². The number of hydrogen-bond acceptors (Lipinski definition) is 6. The molecule has 0 atom stereocenters. The van der Waals surface area contributed by atoms with Crippen LogP contribution in [0.15, 0.2) is 11.6 Å². The molecule has 1 aromatic rings. The minimum Gasteiger partial charge on any atom is -0.481 e. The van der Waals surface area contributed by atoms with Gasteiger partial charge in [-0.25, -0.2) is 13.4 Å². The molecule has 1 rings (SSSR count). The molecule has 0 aromatic carbocycles. The van der Waals surface area contributed by atoms with Crippen molar-refractivity contribution in [2.45, 2.75) is 6.42 Å². The molecule has 0 spiro atoms. The highest BCUT2D eigenvalue weighted by atomic mass is 32.2. The van der Waals surface area contributed by atoms with Crippen LogP contribution in [0.3, 0.4) is 0 Å². The molecule has 0 aliphatic rings. The fraction of sp³-hybridized carbons (Fsp3) is 0.375. The number of carbonyl (C=O) groups excluding carboxylic acids is 1. The van der Waals surface area contributed by atoms with Crippen molar-refractivity contribution in [2.24, 2.45) is 0 Å². The van der Waals surface area contributed by atoms with E-state index in [0.717, 1.165) is 11.3 Å². The Morgan fingerprint density at radius 1 is 1.47 bits per heavy atom. The SMILES string of the molecule is O=C(O)CCS(=O)(=O)CC(=O)Nc1nccs1. The highest BCUT2D eigenvalue weighted by Crippen LogP contribution is 2.10. The van der Waals surface area contributed by atoms with E-state index in [-0.39, 0.29) is 0 Å². The van der Waals surface area contributed by atoms with E-state index in [4.69, 9.17) is 5.11 Å². The summed E-state index contributed by atoms with van der Waals surface area (Å²) in [5, 5.41) is 12.6. The number of amides is 1. The van der Waals surface area contributed by atoms with Gasteiger partial charge in [0.1, 0.15) is 5.75 Å². The molecular weight excluding hydrogens is 268 g/mol. The first-order chi connectivity index (χ1) is 7.89. The van der Waals surface area contributed by atoms with Crippen LogP contribution >= 0.6 is 11.3 Å². The molecule has 0 aliphatic carbocycles. The van der Waals surface area contributed by atoms with Gasteiger partial charge in [-0.2, -0.15) is 0 Å². The summed E-state index contributed by atoms with van der Waals surface area (Å²) in [5.74, 6) is -3.22. The lowest BCUT2D eigenvalue weighted by atomic mass is 10.5. The largest absolute Gasteiger partial charge is 0.481 e. The monoisotopic (exact) mass is 278 g/mol. The number of aromatic nitrogens is 1. The van der Waals surface area contributed by atoms with E-state index in [1.165, 1.54) is 6.20 Å². The van der Waals surface area contributed by atoms with E-state index < -0.39 is 39.6 Å². The highest BCUT2D eigenvalue weighted by Gasteiger charge is 2.18. The van der Waals surface area contributed by atoms with Crippen LogP contribution in [0, 0.1) is 0 Å². The van der Waals surface area contributed by atoms with Crippen LogP contribution in [-0.2, 0) is 19.4 Å². The zero-order chi connectivity index (χ0) is 12.9. The highest BCUT2D eigenvalue weighted by molar-refractivity contribution is 7.92. The second-order valence-electron chi connectivity index (χ2n) is 3.12. The van der Waals surface area contributed by atoms with Crippen LogP contribution in [0.5, 0.6) is 0 Å². The van der Waals surface area contributed by atoms with Gasteiger partial charge < -0.3 is 10.4 Å². The molecule has 9 heteroatoms. The number of nitrogens with one attached hydrogen (secondary N) is 1. The van der Waals surface area contributed by atoms with Crippen LogP contribution in [0.25, 0.3) is 0 Å². The van der Waals surface area contributed by atoms with Crippen molar-refractivity contribution in [3.8, 4) is 0 Å². The van der Waals surface area contributed by atoms with Gasteiger partial charge in [0, 0.05) is 11.6 Å². The maximum atomic E-state index is 11.3. The molecule has 0 aliphatic heterocycles. The number of carboxylic acids is 1. The molecule has 0 fully saturated rings. The molecule has 1 aromatic heterocycles. The van der Waals surface area contributed by atoms with E-state index in [1.807, 2.05) is 0 Å². The molecule has 0 unspecified atom stereocenters.